The minimum atomic E-state index is -4.35. The number of aryl methyl sites for hydroxylation is 2. The summed E-state index contributed by atoms with van der Waals surface area (Å²) in [4.78, 5) is -0.277. The topological polar surface area (TPSA) is 0 Å². The molecule has 0 saturated carbocycles. The molecule has 0 heterocycles. The normalized spacial score (nSPS) is 13.3. The van der Waals surface area contributed by atoms with Crippen molar-refractivity contribution in [1.29, 1.82) is 0 Å². The van der Waals surface area contributed by atoms with Gasteiger partial charge in [0.2, 0.25) is 0 Å². The fourth-order valence-corrected chi connectivity index (χ4v) is 3.36. The molecule has 112 valence electrons. The number of alkyl halides is 4. The van der Waals surface area contributed by atoms with Crippen molar-refractivity contribution in [3.63, 3.8) is 0 Å². The summed E-state index contributed by atoms with van der Waals surface area (Å²) >= 11 is 3.49. The summed E-state index contributed by atoms with van der Waals surface area (Å²) in [5, 5.41) is 0. The Hall–Kier alpha value is -1.36. The Balaban J connectivity index is 2.39. The Labute approximate surface area is 128 Å². The number of hydrogen-bond acceptors (Lipinski definition) is 0. The van der Waals surface area contributed by atoms with Crippen molar-refractivity contribution in [2.45, 2.75) is 24.9 Å². The second kappa shape index (κ2) is 5.79. The van der Waals surface area contributed by atoms with Crippen LogP contribution in [0.1, 0.15) is 32.6 Å². The van der Waals surface area contributed by atoms with Crippen LogP contribution in [0.5, 0.6) is 0 Å². The van der Waals surface area contributed by atoms with Crippen LogP contribution in [0.2, 0.25) is 0 Å². The van der Waals surface area contributed by atoms with Crippen LogP contribution in [-0.4, -0.2) is 0 Å². The summed E-state index contributed by atoms with van der Waals surface area (Å²) < 4.78 is 51.0. The predicted molar refractivity (Wildman–Crippen MR) is 78.1 cm³/mol. The third-order valence-electron chi connectivity index (χ3n) is 3.34. The summed E-state index contributed by atoms with van der Waals surface area (Å²) in [5.41, 5.74) is 2.40. The van der Waals surface area contributed by atoms with E-state index in [-0.39, 0.29) is 10.6 Å². The molecule has 0 aliphatic carbocycles. The number of halogens is 5. The van der Waals surface area contributed by atoms with Gasteiger partial charge in [0.15, 0.2) is 0 Å². The van der Waals surface area contributed by atoms with E-state index in [0.717, 1.165) is 28.8 Å². The van der Waals surface area contributed by atoms with Crippen LogP contribution >= 0.6 is 15.9 Å². The Bertz CT molecular complexity index is 621. The molecule has 1 unspecified atom stereocenters. The standard InChI is InChI=1S/C16H13BrF4/c1-9-7-13(18)8-10(2)14(9)15(17)11-3-5-12(6-4-11)16(19,20)21/h3-8,15H,1-2H3. The van der Waals surface area contributed by atoms with Crippen LogP contribution in [0, 0.1) is 19.7 Å². The Kier molecular flexibility index (Phi) is 4.42. The second-order valence-corrected chi connectivity index (χ2v) is 5.85. The van der Waals surface area contributed by atoms with Gasteiger partial charge in [-0.1, -0.05) is 28.1 Å². The molecule has 0 N–H and O–H groups in total. The molecule has 2 aromatic rings. The zero-order chi connectivity index (χ0) is 15.8. The van der Waals surface area contributed by atoms with Gasteiger partial charge in [0.25, 0.3) is 0 Å². The van der Waals surface area contributed by atoms with E-state index in [2.05, 4.69) is 15.9 Å². The van der Waals surface area contributed by atoms with E-state index in [1.807, 2.05) is 0 Å². The molecule has 0 fully saturated rings. The molecule has 0 saturated heterocycles. The van der Waals surface area contributed by atoms with Gasteiger partial charge in [-0.25, -0.2) is 4.39 Å². The van der Waals surface area contributed by atoms with Gasteiger partial charge in [0.05, 0.1) is 10.4 Å². The second-order valence-electron chi connectivity index (χ2n) is 4.94. The molecular weight excluding hydrogens is 348 g/mol. The molecule has 0 amide bonds. The zero-order valence-electron chi connectivity index (χ0n) is 11.4. The van der Waals surface area contributed by atoms with Gasteiger partial charge in [0, 0.05) is 0 Å². The number of benzene rings is 2. The van der Waals surface area contributed by atoms with Crippen LogP contribution in [0.3, 0.4) is 0 Å². The van der Waals surface area contributed by atoms with E-state index in [4.69, 9.17) is 0 Å². The number of rotatable bonds is 2. The van der Waals surface area contributed by atoms with Crippen molar-refractivity contribution >= 4 is 15.9 Å². The van der Waals surface area contributed by atoms with Gasteiger partial charge in [-0.05, 0) is 60.4 Å². The highest BCUT2D eigenvalue weighted by atomic mass is 79.9. The zero-order valence-corrected chi connectivity index (χ0v) is 13.0. The molecule has 2 rings (SSSR count). The Morgan fingerprint density at radius 1 is 0.952 bits per heavy atom. The monoisotopic (exact) mass is 360 g/mol. The maximum atomic E-state index is 13.3. The van der Waals surface area contributed by atoms with Gasteiger partial charge in [0.1, 0.15) is 5.82 Å². The van der Waals surface area contributed by atoms with Gasteiger partial charge < -0.3 is 0 Å². The Morgan fingerprint density at radius 2 is 1.43 bits per heavy atom. The lowest BCUT2D eigenvalue weighted by Gasteiger charge is -2.17. The first-order valence-corrected chi connectivity index (χ1v) is 7.19. The first-order chi connectivity index (χ1) is 9.70. The quantitative estimate of drug-likeness (QED) is 0.458. The largest absolute Gasteiger partial charge is 0.416 e. The molecule has 0 aliphatic heterocycles. The summed E-state index contributed by atoms with van der Waals surface area (Å²) in [6, 6.07) is 7.81. The van der Waals surface area contributed by atoms with Gasteiger partial charge in [-0.2, -0.15) is 13.2 Å². The third kappa shape index (κ3) is 3.46. The van der Waals surface area contributed by atoms with Crippen molar-refractivity contribution in [2.75, 3.05) is 0 Å². The van der Waals surface area contributed by atoms with Crippen molar-refractivity contribution in [2.24, 2.45) is 0 Å². The van der Waals surface area contributed by atoms with Crippen molar-refractivity contribution in [1.82, 2.24) is 0 Å². The molecule has 2 aromatic carbocycles. The van der Waals surface area contributed by atoms with Crippen LogP contribution in [0.4, 0.5) is 17.6 Å². The molecular formula is C16H13BrF4. The maximum Gasteiger partial charge on any atom is 0.416 e. The molecule has 0 nitrogen and oxygen atoms in total. The van der Waals surface area contributed by atoms with E-state index in [1.54, 1.807) is 13.8 Å². The average Bonchev–Trinajstić information content (AvgIpc) is 2.36. The van der Waals surface area contributed by atoms with Gasteiger partial charge in [-0.15, -0.1) is 0 Å². The smallest absolute Gasteiger partial charge is 0.207 e. The van der Waals surface area contributed by atoms with E-state index < -0.39 is 11.7 Å². The fourth-order valence-electron chi connectivity index (χ4n) is 2.33. The van der Waals surface area contributed by atoms with E-state index in [9.17, 15) is 17.6 Å². The highest BCUT2D eigenvalue weighted by Crippen LogP contribution is 2.37. The average molecular weight is 361 g/mol. The van der Waals surface area contributed by atoms with E-state index >= 15 is 0 Å². The summed E-state index contributed by atoms with van der Waals surface area (Å²) in [5.74, 6) is -0.319. The lowest BCUT2D eigenvalue weighted by Crippen LogP contribution is -2.05. The highest BCUT2D eigenvalue weighted by molar-refractivity contribution is 9.09. The molecule has 1 atom stereocenters. The summed E-state index contributed by atoms with van der Waals surface area (Å²) in [6.07, 6.45) is -4.35. The molecule has 0 aliphatic rings. The predicted octanol–water partition coefficient (Wildman–Crippen LogP) is 5.95. The minimum absolute atomic E-state index is 0.277. The molecule has 0 aromatic heterocycles. The minimum Gasteiger partial charge on any atom is -0.207 e. The fraction of sp³-hybridized carbons (Fsp3) is 0.250. The van der Waals surface area contributed by atoms with Crippen molar-refractivity contribution in [3.05, 3.63) is 70.0 Å². The van der Waals surface area contributed by atoms with Crippen molar-refractivity contribution in [3.8, 4) is 0 Å². The molecule has 21 heavy (non-hydrogen) atoms. The lowest BCUT2D eigenvalue weighted by atomic mass is 9.95. The lowest BCUT2D eigenvalue weighted by molar-refractivity contribution is -0.137. The Morgan fingerprint density at radius 3 is 1.86 bits per heavy atom. The first-order valence-electron chi connectivity index (χ1n) is 6.28. The van der Waals surface area contributed by atoms with Crippen LogP contribution in [0.25, 0.3) is 0 Å². The van der Waals surface area contributed by atoms with Gasteiger partial charge >= 0.3 is 6.18 Å². The third-order valence-corrected chi connectivity index (χ3v) is 4.33. The van der Waals surface area contributed by atoms with E-state index in [1.165, 1.54) is 24.3 Å². The SMILES string of the molecule is Cc1cc(F)cc(C)c1C(Br)c1ccc(C(F)(F)F)cc1. The van der Waals surface area contributed by atoms with Crippen molar-refractivity contribution < 1.29 is 17.6 Å². The molecule has 5 heteroatoms. The van der Waals surface area contributed by atoms with Crippen LogP contribution in [0.15, 0.2) is 36.4 Å². The first kappa shape index (κ1) is 16.0. The van der Waals surface area contributed by atoms with Crippen LogP contribution in [-0.2, 0) is 6.18 Å². The summed E-state index contributed by atoms with van der Waals surface area (Å²) in [7, 11) is 0. The highest BCUT2D eigenvalue weighted by Gasteiger charge is 2.30. The van der Waals surface area contributed by atoms with E-state index in [0.29, 0.717) is 5.56 Å². The number of hydrogen-bond donors (Lipinski definition) is 0. The molecule has 0 spiro atoms. The van der Waals surface area contributed by atoms with Crippen LogP contribution < -0.4 is 0 Å². The van der Waals surface area contributed by atoms with Gasteiger partial charge in [-0.3, -0.25) is 0 Å². The maximum absolute atomic E-state index is 13.3. The summed E-state index contributed by atoms with van der Waals surface area (Å²) in [6.45, 7) is 3.56. The molecule has 0 bridgehead atoms. The molecule has 0 radical (unpaired) electrons.